The molecule has 0 spiro atoms. The van der Waals surface area contributed by atoms with E-state index in [0.29, 0.717) is 5.82 Å². The van der Waals surface area contributed by atoms with Gasteiger partial charge < -0.3 is 25.2 Å². The molecule has 1 saturated heterocycles. The minimum atomic E-state index is -0.310. The number of H-pyrrole nitrogens is 2. The highest BCUT2D eigenvalue weighted by Gasteiger charge is 2.32. The first kappa shape index (κ1) is 13.3. The molecule has 0 atom stereocenters. The molecule has 0 saturated carbocycles. The smallest absolute Gasteiger partial charge is 0.198 e. The molecule has 108 valence electrons. The van der Waals surface area contributed by atoms with Gasteiger partial charge in [0.1, 0.15) is 5.82 Å². The van der Waals surface area contributed by atoms with Gasteiger partial charge in [0, 0.05) is 5.41 Å². The third kappa shape index (κ3) is 2.46. The Bertz CT molecular complexity index is 579. The monoisotopic (exact) mass is 275 g/mol. The van der Waals surface area contributed by atoms with E-state index in [9.17, 15) is 0 Å². The second-order valence-electron chi connectivity index (χ2n) is 5.77. The lowest BCUT2D eigenvalue weighted by molar-refractivity contribution is -0.232. The largest absolute Gasteiger partial charge is 0.385 e. The van der Waals surface area contributed by atoms with Crippen molar-refractivity contribution >= 4 is 5.82 Å². The van der Waals surface area contributed by atoms with Crippen LogP contribution in [0, 0.1) is 5.41 Å². The van der Waals surface area contributed by atoms with Crippen LogP contribution in [-0.2, 0) is 9.47 Å². The van der Waals surface area contributed by atoms with E-state index in [-0.39, 0.29) is 11.7 Å². The zero-order valence-electron chi connectivity index (χ0n) is 11.9. The highest BCUT2D eigenvalue weighted by molar-refractivity contribution is 5.59. The number of ether oxygens (including phenoxy) is 2. The lowest BCUT2D eigenvalue weighted by Crippen LogP contribution is -2.35. The van der Waals surface area contributed by atoms with Crippen LogP contribution < -0.4 is 5.73 Å². The van der Waals surface area contributed by atoms with Crippen molar-refractivity contribution in [1.29, 1.82) is 0 Å². The second kappa shape index (κ2) is 5.00. The number of rotatable bonds is 3. The molecule has 3 rings (SSSR count). The van der Waals surface area contributed by atoms with Crippen LogP contribution in [0.3, 0.4) is 0 Å². The molecule has 1 aliphatic rings. The van der Waals surface area contributed by atoms with Gasteiger partial charge in [0.05, 0.1) is 30.3 Å². The number of nitrogens with two attached hydrogens (primary N) is 1. The van der Waals surface area contributed by atoms with Gasteiger partial charge in [-0.25, -0.2) is 0 Å². The fourth-order valence-electron chi connectivity index (χ4n) is 2.30. The van der Waals surface area contributed by atoms with Gasteiger partial charge in [-0.3, -0.25) is 0 Å². The van der Waals surface area contributed by atoms with Crippen molar-refractivity contribution in [3.05, 3.63) is 30.0 Å². The third-order valence-corrected chi connectivity index (χ3v) is 3.98. The Morgan fingerprint density at radius 1 is 1.15 bits per heavy atom. The molecule has 3 heterocycles. The Balaban J connectivity index is 1.72. The SMILES string of the molecule is CCC1(C)COC(c2ccc(-c3ccc(N)[nH]3)[nH]2)OC1. The van der Waals surface area contributed by atoms with E-state index in [2.05, 4.69) is 23.8 Å². The van der Waals surface area contributed by atoms with Gasteiger partial charge in [-0.15, -0.1) is 0 Å². The maximum Gasteiger partial charge on any atom is 0.198 e. The van der Waals surface area contributed by atoms with Crippen LogP contribution >= 0.6 is 0 Å². The molecule has 0 amide bonds. The predicted octanol–water partition coefficient (Wildman–Crippen LogP) is 3.05. The van der Waals surface area contributed by atoms with E-state index in [1.54, 1.807) is 0 Å². The fraction of sp³-hybridized carbons (Fsp3) is 0.467. The Morgan fingerprint density at radius 3 is 2.40 bits per heavy atom. The van der Waals surface area contributed by atoms with Gasteiger partial charge in [0.15, 0.2) is 6.29 Å². The predicted molar refractivity (Wildman–Crippen MR) is 78.0 cm³/mol. The molecular formula is C15H21N3O2. The van der Waals surface area contributed by atoms with E-state index in [1.807, 2.05) is 24.3 Å². The number of hydrogen-bond acceptors (Lipinski definition) is 3. The quantitative estimate of drug-likeness (QED) is 0.805. The summed E-state index contributed by atoms with van der Waals surface area (Å²) in [5.41, 5.74) is 8.69. The summed E-state index contributed by atoms with van der Waals surface area (Å²) in [4.78, 5) is 6.42. The molecule has 0 unspecified atom stereocenters. The number of aromatic amines is 2. The number of nitrogen functional groups attached to an aromatic ring is 1. The van der Waals surface area contributed by atoms with Gasteiger partial charge in [-0.05, 0) is 30.7 Å². The fourth-order valence-corrected chi connectivity index (χ4v) is 2.30. The van der Waals surface area contributed by atoms with Crippen molar-refractivity contribution in [2.45, 2.75) is 26.6 Å². The molecule has 0 bridgehead atoms. The van der Waals surface area contributed by atoms with Gasteiger partial charge in [-0.1, -0.05) is 13.8 Å². The van der Waals surface area contributed by atoms with Crippen molar-refractivity contribution in [2.24, 2.45) is 5.41 Å². The summed E-state index contributed by atoms with van der Waals surface area (Å²) in [5, 5.41) is 0. The summed E-state index contributed by atoms with van der Waals surface area (Å²) in [6.45, 7) is 5.79. The van der Waals surface area contributed by atoms with Gasteiger partial charge in [0.2, 0.25) is 0 Å². The summed E-state index contributed by atoms with van der Waals surface area (Å²) >= 11 is 0. The van der Waals surface area contributed by atoms with Crippen LogP contribution in [0.5, 0.6) is 0 Å². The molecule has 5 heteroatoms. The first-order valence-corrected chi connectivity index (χ1v) is 6.97. The molecule has 0 aromatic carbocycles. The molecule has 2 aromatic rings. The average molecular weight is 275 g/mol. The molecule has 0 radical (unpaired) electrons. The van der Waals surface area contributed by atoms with E-state index >= 15 is 0 Å². The first-order chi connectivity index (χ1) is 9.59. The van der Waals surface area contributed by atoms with Gasteiger partial charge in [-0.2, -0.15) is 0 Å². The van der Waals surface area contributed by atoms with Crippen LogP contribution in [0.15, 0.2) is 24.3 Å². The molecule has 2 aromatic heterocycles. The van der Waals surface area contributed by atoms with Crippen LogP contribution in [0.1, 0.15) is 32.3 Å². The van der Waals surface area contributed by atoms with Crippen LogP contribution in [0.4, 0.5) is 5.82 Å². The second-order valence-corrected chi connectivity index (χ2v) is 5.77. The number of anilines is 1. The maximum atomic E-state index is 5.84. The summed E-state index contributed by atoms with van der Waals surface area (Å²) in [7, 11) is 0. The highest BCUT2D eigenvalue weighted by atomic mass is 16.7. The van der Waals surface area contributed by atoms with Gasteiger partial charge in [0.25, 0.3) is 0 Å². The summed E-state index contributed by atoms with van der Waals surface area (Å²) < 4.78 is 11.7. The average Bonchev–Trinajstić information content (AvgIpc) is 3.08. The molecule has 5 nitrogen and oxygen atoms in total. The zero-order valence-corrected chi connectivity index (χ0v) is 11.9. The van der Waals surface area contributed by atoms with Crippen molar-refractivity contribution in [1.82, 2.24) is 9.97 Å². The summed E-state index contributed by atoms with van der Waals surface area (Å²) in [6, 6.07) is 7.78. The Labute approximate surface area is 118 Å². The molecule has 1 fully saturated rings. The molecule has 1 aliphatic heterocycles. The van der Waals surface area contributed by atoms with E-state index in [4.69, 9.17) is 15.2 Å². The number of hydrogen-bond donors (Lipinski definition) is 3. The van der Waals surface area contributed by atoms with Crippen LogP contribution in [0.2, 0.25) is 0 Å². The minimum Gasteiger partial charge on any atom is -0.385 e. The highest BCUT2D eigenvalue weighted by Crippen LogP contribution is 2.34. The normalized spacial score (nSPS) is 26.8. The summed E-state index contributed by atoms with van der Waals surface area (Å²) in [5.74, 6) is 0.653. The molecular weight excluding hydrogens is 254 g/mol. The lowest BCUT2D eigenvalue weighted by atomic mass is 9.89. The zero-order chi connectivity index (χ0) is 14.2. The van der Waals surface area contributed by atoms with Crippen molar-refractivity contribution in [2.75, 3.05) is 18.9 Å². The Hall–Kier alpha value is -1.72. The first-order valence-electron chi connectivity index (χ1n) is 6.97. The van der Waals surface area contributed by atoms with Crippen LogP contribution in [-0.4, -0.2) is 23.2 Å². The number of aromatic nitrogens is 2. The topological polar surface area (TPSA) is 76.1 Å². The Kier molecular flexibility index (Phi) is 3.31. The standard InChI is InChI=1S/C15H21N3O2/c1-3-15(2)8-19-14(20-9-15)12-5-4-10(17-12)11-6-7-13(16)18-11/h4-7,14,17-18H,3,8-9,16H2,1-2H3. The van der Waals surface area contributed by atoms with E-state index < -0.39 is 0 Å². The van der Waals surface area contributed by atoms with E-state index in [0.717, 1.165) is 36.7 Å². The van der Waals surface area contributed by atoms with Gasteiger partial charge >= 0.3 is 0 Å². The molecule has 20 heavy (non-hydrogen) atoms. The summed E-state index contributed by atoms with van der Waals surface area (Å²) in [6.07, 6.45) is 0.743. The van der Waals surface area contributed by atoms with Crippen LogP contribution in [0.25, 0.3) is 11.4 Å². The Morgan fingerprint density at radius 2 is 1.80 bits per heavy atom. The molecule has 0 aliphatic carbocycles. The lowest BCUT2D eigenvalue weighted by Gasteiger charge is -2.36. The van der Waals surface area contributed by atoms with Crippen molar-refractivity contribution < 1.29 is 9.47 Å². The maximum absolute atomic E-state index is 5.84. The molecule has 4 N–H and O–H groups in total. The number of nitrogens with one attached hydrogen (secondary N) is 2. The third-order valence-electron chi connectivity index (χ3n) is 3.98. The van der Waals surface area contributed by atoms with Crippen molar-refractivity contribution in [3.63, 3.8) is 0 Å². The van der Waals surface area contributed by atoms with Crippen molar-refractivity contribution in [3.8, 4) is 11.4 Å². The van der Waals surface area contributed by atoms with E-state index in [1.165, 1.54) is 0 Å². The minimum absolute atomic E-state index is 0.125.